The van der Waals surface area contributed by atoms with Crippen molar-refractivity contribution in [2.24, 2.45) is 0 Å². The average molecular weight is 412 g/mol. The number of benzene rings is 2. The van der Waals surface area contributed by atoms with Gasteiger partial charge < -0.3 is 14.8 Å². The van der Waals surface area contributed by atoms with Crippen LogP contribution in [0.25, 0.3) is 10.1 Å². The highest BCUT2D eigenvalue weighted by atomic mass is 32.1. The van der Waals surface area contributed by atoms with E-state index in [1.54, 1.807) is 11.3 Å². The lowest BCUT2D eigenvalue weighted by molar-refractivity contribution is 0.0957. The number of carbonyl (C=O) groups is 1. The molecule has 0 spiro atoms. The second-order valence-electron chi connectivity index (χ2n) is 6.81. The summed E-state index contributed by atoms with van der Waals surface area (Å²) in [6.07, 6.45) is 2.68. The average Bonchev–Trinajstić information content (AvgIpc) is 3.09. The normalized spacial score (nSPS) is 10.9. The summed E-state index contributed by atoms with van der Waals surface area (Å²) in [4.78, 5) is 13.7. The predicted molar refractivity (Wildman–Crippen MR) is 121 cm³/mol. The first kappa shape index (κ1) is 21.2. The second-order valence-corrected chi connectivity index (χ2v) is 7.86. The lowest BCUT2D eigenvalue weighted by Gasteiger charge is -2.12. The maximum atomic E-state index is 12.9. The molecule has 0 aliphatic heterocycles. The fourth-order valence-electron chi connectivity index (χ4n) is 3.43. The third-order valence-electron chi connectivity index (χ3n) is 4.71. The minimum atomic E-state index is 0.0191. The molecule has 0 aliphatic rings. The molecular formula is C24H29NO3S. The Labute approximate surface area is 176 Å². The zero-order valence-corrected chi connectivity index (χ0v) is 18.2. The molecule has 0 saturated carbocycles. The number of hydrogen-bond acceptors (Lipinski definition) is 4. The van der Waals surface area contributed by atoms with Crippen LogP contribution in [0.4, 0.5) is 0 Å². The van der Waals surface area contributed by atoms with Gasteiger partial charge in [-0.05, 0) is 61.4 Å². The number of fused-ring (bicyclic) bond motifs is 1. The van der Waals surface area contributed by atoms with Crippen molar-refractivity contribution in [1.29, 1.82) is 0 Å². The molecule has 0 unspecified atom stereocenters. The summed E-state index contributed by atoms with van der Waals surface area (Å²) in [6.45, 7) is 7.84. The van der Waals surface area contributed by atoms with E-state index in [4.69, 9.17) is 9.47 Å². The van der Waals surface area contributed by atoms with Crippen LogP contribution in [0.2, 0.25) is 0 Å². The lowest BCUT2D eigenvalue weighted by Crippen LogP contribution is -2.25. The second kappa shape index (κ2) is 10.3. The van der Waals surface area contributed by atoms with Gasteiger partial charge in [-0.25, -0.2) is 0 Å². The van der Waals surface area contributed by atoms with Gasteiger partial charge in [0, 0.05) is 11.2 Å². The van der Waals surface area contributed by atoms with Gasteiger partial charge in [0.25, 0.3) is 5.91 Å². The van der Waals surface area contributed by atoms with Crippen LogP contribution in [-0.4, -0.2) is 25.7 Å². The Morgan fingerprint density at radius 3 is 2.48 bits per heavy atom. The fourth-order valence-corrected chi connectivity index (χ4v) is 4.60. The van der Waals surface area contributed by atoms with Gasteiger partial charge in [-0.1, -0.05) is 37.6 Å². The topological polar surface area (TPSA) is 47.6 Å². The summed E-state index contributed by atoms with van der Waals surface area (Å²) in [7, 11) is 0. The molecule has 0 atom stereocenters. The number of carbonyl (C=O) groups excluding carboxylic acids is 1. The molecule has 5 heteroatoms. The first-order chi connectivity index (χ1) is 14.2. The fraction of sp³-hybridized carbons (Fsp3) is 0.375. The van der Waals surface area contributed by atoms with Crippen LogP contribution in [0.15, 0.2) is 42.5 Å². The molecule has 29 heavy (non-hydrogen) atoms. The van der Waals surface area contributed by atoms with E-state index in [-0.39, 0.29) is 5.91 Å². The van der Waals surface area contributed by atoms with E-state index in [2.05, 4.69) is 24.4 Å². The lowest BCUT2D eigenvalue weighted by atomic mass is 10.1. The third kappa shape index (κ3) is 5.10. The molecule has 0 bridgehead atoms. The summed E-state index contributed by atoms with van der Waals surface area (Å²) in [6, 6.07) is 14.2. The highest BCUT2D eigenvalue weighted by Crippen LogP contribution is 2.32. The molecular weight excluding hydrogens is 382 g/mol. The maximum Gasteiger partial charge on any atom is 0.261 e. The highest BCUT2D eigenvalue weighted by molar-refractivity contribution is 7.21. The molecule has 1 amide bonds. The maximum absolute atomic E-state index is 12.9. The summed E-state index contributed by atoms with van der Waals surface area (Å²) in [5.41, 5.74) is 2.28. The minimum Gasteiger partial charge on any atom is -0.490 e. The quantitative estimate of drug-likeness (QED) is 0.471. The van der Waals surface area contributed by atoms with Crippen molar-refractivity contribution in [3.63, 3.8) is 0 Å². The molecule has 154 valence electrons. The summed E-state index contributed by atoms with van der Waals surface area (Å²) >= 11 is 1.59. The van der Waals surface area contributed by atoms with Crippen molar-refractivity contribution in [1.82, 2.24) is 5.32 Å². The number of ether oxygens (including phenoxy) is 2. The molecule has 0 radical (unpaired) electrons. The van der Waals surface area contributed by atoms with Gasteiger partial charge in [-0.15, -0.1) is 11.3 Å². The summed E-state index contributed by atoms with van der Waals surface area (Å²) in [5.74, 6) is 1.54. The van der Waals surface area contributed by atoms with Crippen molar-refractivity contribution in [3.05, 3.63) is 58.5 Å². The molecule has 2 aromatic carbocycles. The van der Waals surface area contributed by atoms with E-state index < -0.39 is 0 Å². The monoisotopic (exact) mass is 411 g/mol. The van der Waals surface area contributed by atoms with Crippen molar-refractivity contribution in [3.8, 4) is 11.5 Å². The van der Waals surface area contributed by atoms with Crippen molar-refractivity contribution in [2.75, 3.05) is 19.8 Å². The Hall–Kier alpha value is -2.53. The predicted octanol–water partition coefficient (Wildman–Crippen LogP) is 5.62. The van der Waals surface area contributed by atoms with Crippen molar-refractivity contribution >= 4 is 27.3 Å². The zero-order valence-electron chi connectivity index (χ0n) is 17.4. The highest BCUT2D eigenvalue weighted by Gasteiger charge is 2.17. The van der Waals surface area contributed by atoms with Gasteiger partial charge in [0.2, 0.25) is 0 Å². The van der Waals surface area contributed by atoms with Gasteiger partial charge in [0.1, 0.15) is 0 Å². The van der Waals surface area contributed by atoms with Gasteiger partial charge >= 0.3 is 0 Å². The van der Waals surface area contributed by atoms with E-state index in [1.165, 1.54) is 15.6 Å². The summed E-state index contributed by atoms with van der Waals surface area (Å²) in [5, 5.41) is 4.30. The van der Waals surface area contributed by atoms with E-state index in [0.717, 1.165) is 41.2 Å². The van der Waals surface area contributed by atoms with E-state index in [1.807, 2.05) is 44.2 Å². The van der Waals surface area contributed by atoms with Crippen LogP contribution in [0.5, 0.6) is 11.5 Å². The van der Waals surface area contributed by atoms with Crippen LogP contribution >= 0.6 is 11.3 Å². The SMILES string of the molecule is CCCc1c(C(=O)NCCc2ccc(OCC)c(OCC)c2)sc2ccccc12. The van der Waals surface area contributed by atoms with Crippen LogP contribution in [-0.2, 0) is 12.8 Å². The minimum absolute atomic E-state index is 0.0191. The number of thiophene rings is 1. The number of nitrogens with one attached hydrogen (secondary N) is 1. The van der Waals surface area contributed by atoms with Crippen LogP contribution in [0.1, 0.15) is 48.0 Å². The summed E-state index contributed by atoms with van der Waals surface area (Å²) < 4.78 is 12.5. The van der Waals surface area contributed by atoms with Gasteiger partial charge in [0.15, 0.2) is 11.5 Å². The third-order valence-corrected chi connectivity index (χ3v) is 5.92. The van der Waals surface area contributed by atoms with Crippen molar-refractivity contribution in [2.45, 2.75) is 40.0 Å². The van der Waals surface area contributed by atoms with Gasteiger partial charge in [-0.2, -0.15) is 0 Å². The largest absolute Gasteiger partial charge is 0.490 e. The zero-order chi connectivity index (χ0) is 20.6. The standard InChI is InChI=1S/C24H29NO3S/c1-4-9-19-18-10-7-8-11-22(18)29-23(19)24(26)25-15-14-17-12-13-20(27-5-2)21(16-17)28-6-3/h7-8,10-13,16H,4-6,9,14-15H2,1-3H3,(H,25,26). The Kier molecular flexibility index (Phi) is 7.53. The molecule has 1 aromatic heterocycles. The van der Waals surface area contributed by atoms with Crippen LogP contribution in [0, 0.1) is 0 Å². The Morgan fingerprint density at radius 1 is 0.966 bits per heavy atom. The van der Waals surface area contributed by atoms with Crippen LogP contribution < -0.4 is 14.8 Å². The first-order valence-electron chi connectivity index (χ1n) is 10.3. The molecule has 3 aromatic rings. The number of amides is 1. The van der Waals surface area contributed by atoms with E-state index >= 15 is 0 Å². The van der Waals surface area contributed by atoms with E-state index in [0.29, 0.717) is 19.8 Å². The van der Waals surface area contributed by atoms with Gasteiger partial charge in [-0.3, -0.25) is 4.79 Å². The molecule has 1 N–H and O–H groups in total. The first-order valence-corrected chi connectivity index (χ1v) is 11.2. The number of rotatable bonds is 10. The number of aryl methyl sites for hydroxylation is 1. The molecule has 0 aliphatic carbocycles. The Morgan fingerprint density at radius 2 is 1.72 bits per heavy atom. The molecule has 0 fully saturated rings. The van der Waals surface area contributed by atoms with Crippen molar-refractivity contribution < 1.29 is 14.3 Å². The molecule has 4 nitrogen and oxygen atoms in total. The smallest absolute Gasteiger partial charge is 0.261 e. The Balaban J connectivity index is 1.68. The molecule has 1 heterocycles. The number of hydrogen-bond donors (Lipinski definition) is 1. The van der Waals surface area contributed by atoms with E-state index in [9.17, 15) is 4.79 Å². The van der Waals surface area contributed by atoms with Gasteiger partial charge in [0.05, 0.1) is 18.1 Å². The molecule has 0 saturated heterocycles. The van der Waals surface area contributed by atoms with Crippen LogP contribution in [0.3, 0.4) is 0 Å². The Bertz CT molecular complexity index is 964. The molecule has 3 rings (SSSR count).